The van der Waals surface area contributed by atoms with Gasteiger partial charge < -0.3 is 34.2 Å². The third-order valence-corrected chi connectivity index (χ3v) is 7.89. The quantitative estimate of drug-likeness (QED) is 0.105. The van der Waals surface area contributed by atoms with E-state index >= 15 is 0 Å². The molecular formula is C23H39NO10S3. The summed E-state index contributed by atoms with van der Waals surface area (Å²) in [5.41, 5.74) is -0.700. The van der Waals surface area contributed by atoms with Crippen LogP contribution in [-0.4, -0.2) is 95.4 Å². The molecule has 1 aliphatic rings. The molecule has 0 aromatic rings. The van der Waals surface area contributed by atoms with E-state index < -0.39 is 59.8 Å². The van der Waals surface area contributed by atoms with E-state index in [1.165, 1.54) is 39.5 Å². The standard InChI is InChI=1S/C21H35NO8S3.C2H4O2/c1-12(23)22-16(11-33(6)10-8-7-9-31)17-18(27-13(2)24)19(28-14(3)25)20(29-15(4)26)21(30-17)32-5;1-2(3)4/h16-21H,7-11H2,1-6H3,(H-,22,23,31);1H3,(H,3,4)/t16-,17+,18-,19-,20+,21+,33?;/m0./s1. The number of hydrogen-bond acceptors (Lipinski definition) is 12. The molecule has 0 bridgehead atoms. The number of carbonyl (C=O) groups is 5. The van der Waals surface area contributed by atoms with Crippen molar-refractivity contribution < 1.29 is 48.0 Å². The Balaban J connectivity index is 0.00000300. The Bertz CT molecular complexity index is 765. The Morgan fingerprint density at radius 2 is 1.43 bits per heavy atom. The van der Waals surface area contributed by atoms with Gasteiger partial charge >= 0.3 is 17.9 Å². The van der Waals surface area contributed by atoms with Crippen LogP contribution in [0.25, 0.3) is 0 Å². The fourth-order valence-corrected chi connectivity index (χ4v) is 6.34. The number of carboxylic acid groups (broad SMARTS) is 1. The van der Waals surface area contributed by atoms with E-state index in [9.17, 15) is 19.2 Å². The van der Waals surface area contributed by atoms with Crippen molar-refractivity contribution in [2.24, 2.45) is 0 Å². The molecule has 0 spiro atoms. The van der Waals surface area contributed by atoms with Crippen LogP contribution in [0.1, 0.15) is 47.5 Å². The molecule has 1 N–H and O–H groups in total. The highest BCUT2D eigenvalue weighted by Gasteiger charge is 2.54. The van der Waals surface area contributed by atoms with Gasteiger partial charge in [0.25, 0.3) is 0 Å². The smallest absolute Gasteiger partial charge is 0.303 e. The number of rotatable bonds is 12. The predicted octanol–water partition coefficient (Wildman–Crippen LogP) is 0.0884. The van der Waals surface area contributed by atoms with Gasteiger partial charge in [0, 0.05) is 33.7 Å². The average Bonchev–Trinajstić information content (AvgIpc) is 2.74. The molecular weight excluding hydrogens is 546 g/mol. The lowest BCUT2D eigenvalue weighted by Crippen LogP contribution is -2.66. The van der Waals surface area contributed by atoms with Crippen molar-refractivity contribution in [1.82, 2.24) is 5.32 Å². The number of amides is 1. The molecule has 11 nitrogen and oxygen atoms in total. The van der Waals surface area contributed by atoms with Crippen LogP contribution in [-0.2, 0) is 53.8 Å². The zero-order valence-corrected chi connectivity index (χ0v) is 24.9. The fraction of sp³-hybridized carbons (Fsp3) is 0.783. The molecule has 7 atom stereocenters. The Labute approximate surface area is 231 Å². The third kappa shape index (κ3) is 14.8. The number of ether oxygens (including phenoxy) is 4. The molecule has 0 aliphatic carbocycles. The summed E-state index contributed by atoms with van der Waals surface area (Å²) in [7, 11) is -0.0694. The Morgan fingerprint density at radius 3 is 1.86 bits per heavy atom. The van der Waals surface area contributed by atoms with Gasteiger partial charge in [-0.05, 0) is 42.7 Å². The minimum atomic E-state index is -1.09. The van der Waals surface area contributed by atoms with Gasteiger partial charge in [-0.1, -0.05) is 0 Å². The van der Waals surface area contributed by atoms with Crippen LogP contribution in [0.5, 0.6) is 0 Å². The molecule has 14 heteroatoms. The van der Waals surface area contributed by atoms with E-state index in [1.807, 2.05) is 0 Å². The number of thiol groups is 1. The molecule has 1 aliphatic heterocycles. The summed E-state index contributed by atoms with van der Waals surface area (Å²) in [4.78, 5) is 56.6. The fourth-order valence-electron chi connectivity index (χ4n) is 3.65. The number of carboxylic acids is 1. The summed E-state index contributed by atoms with van der Waals surface area (Å²) >= 11 is 5.53. The highest BCUT2D eigenvalue weighted by Crippen LogP contribution is 2.34. The molecule has 1 fully saturated rings. The minimum absolute atomic E-state index is 0.0694. The summed E-state index contributed by atoms with van der Waals surface area (Å²) < 4.78 is 22.8. The lowest BCUT2D eigenvalue weighted by molar-refractivity contribution is -0.302. The molecule has 0 aromatic heterocycles. The van der Waals surface area contributed by atoms with Crippen molar-refractivity contribution in [2.75, 3.05) is 29.8 Å². The highest BCUT2D eigenvalue weighted by atomic mass is 32.2. The Morgan fingerprint density at radius 1 is 0.946 bits per heavy atom. The van der Waals surface area contributed by atoms with E-state index in [1.54, 1.807) is 6.26 Å². The number of aliphatic carboxylic acids is 1. The maximum absolute atomic E-state index is 12.0. The van der Waals surface area contributed by atoms with Gasteiger partial charge in [0.15, 0.2) is 18.3 Å². The molecule has 37 heavy (non-hydrogen) atoms. The first-order chi connectivity index (χ1) is 17.2. The van der Waals surface area contributed by atoms with E-state index in [2.05, 4.69) is 24.2 Å². The molecule has 1 saturated heterocycles. The second kappa shape index (κ2) is 18.6. The average molecular weight is 586 g/mol. The predicted molar refractivity (Wildman–Crippen MR) is 143 cm³/mol. The Hall–Kier alpha value is -1.64. The van der Waals surface area contributed by atoms with Crippen LogP contribution >= 0.6 is 24.4 Å². The molecule has 1 heterocycles. The van der Waals surface area contributed by atoms with Gasteiger partial charge in [0.2, 0.25) is 5.91 Å². The van der Waals surface area contributed by atoms with Crippen LogP contribution in [0.2, 0.25) is 0 Å². The van der Waals surface area contributed by atoms with Gasteiger partial charge in [-0.15, -0.1) is 11.8 Å². The van der Waals surface area contributed by atoms with E-state index in [4.69, 9.17) is 28.8 Å². The maximum atomic E-state index is 12.0. The van der Waals surface area contributed by atoms with Crippen LogP contribution in [0.4, 0.5) is 0 Å². The summed E-state index contributed by atoms with van der Waals surface area (Å²) in [6, 6.07) is -0.512. The molecule has 1 amide bonds. The van der Waals surface area contributed by atoms with Crippen LogP contribution in [0.15, 0.2) is 0 Å². The normalized spacial score (nSPS) is 24.4. The summed E-state index contributed by atoms with van der Waals surface area (Å²) in [5, 5.41) is 11.8. The van der Waals surface area contributed by atoms with Gasteiger partial charge in [0.05, 0.1) is 6.26 Å². The number of carbonyl (C=O) groups excluding carboxylic acids is 5. The van der Waals surface area contributed by atoms with Crippen LogP contribution < -0.4 is 10.4 Å². The summed E-state index contributed by atoms with van der Waals surface area (Å²) in [6.07, 6.45) is 1.90. The van der Waals surface area contributed by atoms with Crippen LogP contribution in [0.3, 0.4) is 0 Å². The second-order valence-electron chi connectivity index (χ2n) is 8.31. The largest absolute Gasteiger partial charge is 0.550 e. The summed E-state index contributed by atoms with van der Waals surface area (Å²) in [5.74, 6) is -0.808. The number of esters is 3. The molecule has 1 rings (SSSR count). The molecule has 0 radical (unpaired) electrons. The van der Waals surface area contributed by atoms with Gasteiger partial charge in [-0.3, -0.25) is 19.2 Å². The van der Waals surface area contributed by atoms with Crippen molar-refractivity contribution in [3.8, 4) is 0 Å². The SMILES string of the molecule is CC(=O)[O-].CS[C@H]1O[C@H]([C@H](C[S+](C)CCCCS)NC(C)=O)[C@H](OC(C)=O)[C@H](OC(C)=O)[C@H]1OC(C)=O. The first-order valence-electron chi connectivity index (χ1n) is 11.6. The zero-order chi connectivity index (χ0) is 28.7. The van der Waals surface area contributed by atoms with Crippen molar-refractivity contribution >= 4 is 65.1 Å². The third-order valence-electron chi connectivity index (χ3n) is 4.82. The lowest BCUT2D eigenvalue weighted by Gasteiger charge is -2.46. The number of hydrogen-bond donors (Lipinski definition) is 2. The van der Waals surface area contributed by atoms with Crippen molar-refractivity contribution in [3.63, 3.8) is 0 Å². The lowest BCUT2D eigenvalue weighted by atomic mass is 9.94. The van der Waals surface area contributed by atoms with Gasteiger partial charge in [-0.2, -0.15) is 12.6 Å². The minimum Gasteiger partial charge on any atom is -0.550 e. The molecule has 214 valence electrons. The van der Waals surface area contributed by atoms with E-state index in [0.29, 0.717) is 5.75 Å². The Kier molecular flexibility index (Phi) is 17.8. The molecule has 0 saturated carbocycles. The molecule has 0 aromatic carbocycles. The maximum Gasteiger partial charge on any atom is 0.303 e. The van der Waals surface area contributed by atoms with Gasteiger partial charge in [-0.25, -0.2) is 0 Å². The van der Waals surface area contributed by atoms with Crippen molar-refractivity contribution in [1.29, 1.82) is 0 Å². The van der Waals surface area contributed by atoms with Crippen molar-refractivity contribution in [2.45, 2.75) is 83.4 Å². The molecule has 1 unspecified atom stereocenters. The number of nitrogens with one attached hydrogen (secondary N) is 1. The van der Waals surface area contributed by atoms with Gasteiger partial charge in [0.1, 0.15) is 29.1 Å². The topological polar surface area (TPSA) is 157 Å². The van der Waals surface area contributed by atoms with E-state index in [0.717, 1.165) is 31.3 Å². The van der Waals surface area contributed by atoms with Crippen molar-refractivity contribution in [3.05, 3.63) is 0 Å². The zero-order valence-electron chi connectivity index (χ0n) is 22.3. The second-order valence-corrected chi connectivity index (χ2v) is 12.0. The summed E-state index contributed by atoms with van der Waals surface area (Å²) in [6.45, 7) is 6.08. The number of thioether (sulfide) groups is 1. The highest BCUT2D eigenvalue weighted by molar-refractivity contribution is 7.99. The first kappa shape index (κ1) is 35.4. The van der Waals surface area contributed by atoms with Crippen LogP contribution in [0, 0.1) is 0 Å². The van der Waals surface area contributed by atoms with E-state index in [-0.39, 0.29) is 16.8 Å². The monoisotopic (exact) mass is 585 g/mol. The first-order valence-corrected chi connectivity index (χ1v) is 15.5. The number of unbranched alkanes of at least 4 members (excludes halogenated alkanes) is 1.